The van der Waals surface area contributed by atoms with Crippen molar-refractivity contribution in [2.45, 2.75) is 18.1 Å². The van der Waals surface area contributed by atoms with Crippen molar-refractivity contribution in [3.8, 4) is 28.6 Å². The zero-order chi connectivity index (χ0) is 23.5. The molecule has 0 radical (unpaired) electrons. The molecule has 0 spiro atoms. The van der Waals surface area contributed by atoms with Crippen LogP contribution in [-0.4, -0.2) is 33.2 Å². The third-order valence-corrected chi connectivity index (χ3v) is 6.54. The average molecular weight is 493 g/mol. The lowest BCUT2D eigenvalue weighted by Gasteiger charge is -2.15. The Morgan fingerprint density at radius 3 is 2.62 bits per heavy atom. The van der Waals surface area contributed by atoms with Crippen LogP contribution in [0.2, 0.25) is 5.02 Å². The molecule has 5 rings (SSSR count). The molecule has 0 aliphatic carbocycles. The van der Waals surface area contributed by atoms with Gasteiger partial charge in [-0.1, -0.05) is 47.6 Å². The van der Waals surface area contributed by atoms with Crippen molar-refractivity contribution in [3.63, 3.8) is 0 Å². The van der Waals surface area contributed by atoms with E-state index >= 15 is 0 Å². The number of benzene rings is 3. The molecular weight excluding hydrogens is 472 g/mol. The maximum Gasteiger partial charge on any atom is 0.231 e. The molecule has 9 heteroatoms. The fraction of sp³-hybridized carbons (Fsp3) is 0.160. The fourth-order valence-corrected chi connectivity index (χ4v) is 4.53. The van der Waals surface area contributed by atoms with E-state index in [0.29, 0.717) is 21.8 Å². The van der Waals surface area contributed by atoms with Crippen molar-refractivity contribution in [2.24, 2.45) is 0 Å². The van der Waals surface area contributed by atoms with Gasteiger partial charge in [0.1, 0.15) is 0 Å². The van der Waals surface area contributed by atoms with Crippen LogP contribution in [-0.2, 0) is 4.79 Å². The third-order valence-electron chi connectivity index (χ3n) is 5.36. The summed E-state index contributed by atoms with van der Waals surface area (Å²) in [6.45, 7) is 2.15. The molecule has 1 aliphatic heterocycles. The second-order valence-electron chi connectivity index (χ2n) is 7.67. The molecule has 2 heterocycles. The van der Waals surface area contributed by atoms with E-state index in [1.54, 1.807) is 0 Å². The number of rotatable bonds is 7. The van der Waals surface area contributed by atoms with Gasteiger partial charge in [0.2, 0.25) is 12.7 Å². The van der Waals surface area contributed by atoms with Gasteiger partial charge in [-0.15, -0.1) is 10.2 Å². The van der Waals surface area contributed by atoms with Gasteiger partial charge in [-0.3, -0.25) is 9.36 Å². The normalized spacial score (nSPS) is 13.0. The number of aromatic nitrogens is 3. The van der Waals surface area contributed by atoms with Crippen LogP contribution in [0.3, 0.4) is 0 Å². The van der Waals surface area contributed by atoms with E-state index < -0.39 is 0 Å². The predicted molar refractivity (Wildman–Crippen MR) is 132 cm³/mol. The molecule has 0 fully saturated rings. The van der Waals surface area contributed by atoms with Crippen LogP contribution >= 0.6 is 23.4 Å². The SMILES string of the molecule is CC(NC(=O)CSc1nnc(-c2ccc(Cl)cc2)n1-c1ccccc1)c1ccc2c(c1)OCO2. The summed E-state index contributed by atoms with van der Waals surface area (Å²) in [6, 6.07) is 22.8. The number of nitrogens with one attached hydrogen (secondary N) is 1. The van der Waals surface area contributed by atoms with Crippen molar-refractivity contribution in [3.05, 3.63) is 83.4 Å². The molecule has 0 saturated carbocycles. The Balaban J connectivity index is 1.32. The predicted octanol–water partition coefficient (Wildman–Crippen LogP) is 5.29. The largest absolute Gasteiger partial charge is 0.454 e. The van der Waals surface area contributed by atoms with Gasteiger partial charge in [0.25, 0.3) is 0 Å². The summed E-state index contributed by atoms with van der Waals surface area (Å²) in [5.74, 6) is 2.18. The number of fused-ring (bicyclic) bond motifs is 1. The zero-order valence-electron chi connectivity index (χ0n) is 18.3. The van der Waals surface area contributed by atoms with E-state index in [-0.39, 0.29) is 24.5 Å². The minimum Gasteiger partial charge on any atom is -0.454 e. The molecule has 1 amide bonds. The van der Waals surface area contributed by atoms with Crippen LogP contribution in [0.15, 0.2) is 78.0 Å². The number of hydrogen-bond donors (Lipinski definition) is 1. The van der Waals surface area contributed by atoms with E-state index in [4.69, 9.17) is 21.1 Å². The lowest BCUT2D eigenvalue weighted by molar-refractivity contribution is -0.119. The third kappa shape index (κ3) is 4.73. The van der Waals surface area contributed by atoms with Crippen LogP contribution in [0.25, 0.3) is 17.1 Å². The number of carbonyl (C=O) groups excluding carboxylic acids is 1. The fourth-order valence-electron chi connectivity index (χ4n) is 3.64. The van der Waals surface area contributed by atoms with Gasteiger partial charge in [-0.25, -0.2) is 0 Å². The Bertz CT molecular complexity index is 1310. The van der Waals surface area contributed by atoms with Gasteiger partial charge in [-0.2, -0.15) is 0 Å². The molecule has 1 N–H and O–H groups in total. The van der Waals surface area contributed by atoms with Gasteiger partial charge in [0.05, 0.1) is 11.8 Å². The summed E-state index contributed by atoms with van der Waals surface area (Å²) in [5, 5.41) is 13.1. The number of halogens is 1. The topological polar surface area (TPSA) is 78.3 Å². The van der Waals surface area contributed by atoms with Gasteiger partial charge in [0.15, 0.2) is 22.5 Å². The molecule has 1 aromatic heterocycles. The summed E-state index contributed by atoms with van der Waals surface area (Å²) in [6.07, 6.45) is 0. The van der Waals surface area contributed by atoms with Gasteiger partial charge in [0, 0.05) is 16.3 Å². The molecule has 1 atom stereocenters. The quantitative estimate of drug-likeness (QED) is 0.353. The monoisotopic (exact) mass is 492 g/mol. The average Bonchev–Trinajstić information content (AvgIpc) is 3.50. The molecule has 34 heavy (non-hydrogen) atoms. The summed E-state index contributed by atoms with van der Waals surface area (Å²) < 4.78 is 12.7. The van der Waals surface area contributed by atoms with Crippen molar-refractivity contribution >= 4 is 29.3 Å². The molecule has 0 bridgehead atoms. The highest BCUT2D eigenvalue weighted by Gasteiger charge is 2.19. The standard InChI is InChI=1S/C25H21ClN4O3S/c1-16(18-9-12-21-22(13-18)33-15-32-21)27-23(31)14-34-25-29-28-24(17-7-10-19(26)11-8-17)30(25)20-5-3-2-4-6-20/h2-13,16H,14-15H2,1H3,(H,27,31). The second kappa shape index (κ2) is 9.79. The molecule has 3 aromatic carbocycles. The van der Waals surface area contributed by atoms with E-state index in [9.17, 15) is 4.79 Å². The molecule has 172 valence electrons. The van der Waals surface area contributed by atoms with E-state index in [1.807, 2.05) is 84.3 Å². The molecule has 0 saturated heterocycles. The number of para-hydroxylation sites is 1. The van der Waals surface area contributed by atoms with Crippen molar-refractivity contribution in [2.75, 3.05) is 12.5 Å². The summed E-state index contributed by atoms with van der Waals surface area (Å²) in [4.78, 5) is 12.7. The van der Waals surface area contributed by atoms with Gasteiger partial charge >= 0.3 is 0 Å². The Labute approximate surface area is 206 Å². The van der Waals surface area contributed by atoms with Crippen LogP contribution in [0.4, 0.5) is 0 Å². The first-order valence-corrected chi connectivity index (χ1v) is 12.0. The van der Waals surface area contributed by atoms with Crippen molar-refractivity contribution in [1.29, 1.82) is 0 Å². The summed E-state index contributed by atoms with van der Waals surface area (Å²) in [5.41, 5.74) is 2.74. The number of carbonyl (C=O) groups is 1. The number of thioether (sulfide) groups is 1. The number of ether oxygens (including phenoxy) is 2. The number of hydrogen-bond acceptors (Lipinski definition) is 6. The number of amides is 1. The first-order valence-electron chi connectivity index (χ1n) is 10.7. The molecule has 7 nitrogen and oxygen atoms in total. The maximum atomic E-state index is 12.7. The van der Waals surface area contributed by atoms with Crippen LogP contribution < -0.4 is 14.8 Å². The van der Waals surface area contributed by atoms with Crippen molar-refractivity contribution in [1.82, 2.24) is 20.1 Å². The smallest absolute Gasteiger partial charge is 0.231 e. The lowest BCUT2D eigenvalue weighted by Crippen LogP contribution is -2.28. The van der Waals surface area contributed by atoms with Gasteiger partial charge in [-0.05, 0) is 61.0 Å². The summed E-state index contributed by atoms with van der Waals surface area (Å²) >= 11 is 7.39. The Hall–Kier alpha value is -3.49. The minimum absolute atomic E-state index is 0.106. The highest BCUT2D eigenvalue weighted by atomic mass is 35.5. The summed E-state index contributed by atoms with van der Waals surface area (Å²) in [7, 11) is 0. The van der Waals surface area contributed by atoms with E-state index in [2.05, 4.69) is 15.5 Å². The number of nitrogens with zero attached hydrogens (tertiary/aromatic N) is 3. The Morgan fingerprint density at radius 2 is 1.82 bits per heavy atom. The first kappa shape index (κ1) is 22.3. The maximum absolute atomic E-state index is 12.7. The molecule has 4 aromatic rings. The van der Waals surface area contributed by atoms with Gasteiger partial charge < -0.3 is 14.8 Å². The van der Waals surface area contributed by atoms with Crippen LogP contribution in [0.5, 0.6) is 11.5 Å². The highest BCUT2D eigenvalue weighted by molar-refractivity contribution is 7.99. The van der Waals surface area contributed by atoms with Crippen molar-refractivity contribution < 1.29 is 14.3 Å². The lowest BCUT2D eigenvalue weighted by atomic mass is 10.1. The van der Waals surface area contributed by atoms with Crippen LogP contribution in [0.1, 0.15) is 18.5 Å². The van der Waals surface area contributed by atoms with E-state index in [0.717, 1.165) is 22.6 Å². The highest BCUT2D eigenvalue weighted by Crippen LogP contribution is 2.34. The Morgan fingerprint density at radius 1 is 1.06 bits per heavy atom. The molecular formula is C25H21ClN4O3S. The minimum atomic E-state index is -0.181. The molecule has 1 unspecified atom stereocenters. The molecule has 1 aliphatic rings. The van der Waals surface area contributed by atoms with E-state index in [1.165, 1.54) is 11.8 Å². The first-order chi connectivity index (χ1) is 16.6. The van der Waals surface area contributed by atoms with Crippen LogP contribution in [0, 0.1) is 0 Å². The zero-order valence-corrected chi connectivity index (χ0v) is 19.8. The second-order valence-corrected chi connectivity index (χ2v) is 9.05. The Kier molecular flexibility index (Phi) is 6.42.